The first-order chi connectivity index (χ1) is 15.4. The Morgan fingerprint density at radius 2 is 2.25 bits per heavy atom. The van der Waals surface area contributed by atoms with Gasteiger partial charge in [-0.05, 0) is 48.4 Å². The molecule has 0 radical (unpaired) electrons. The molecule has 170 valence electrons. The molecule has 0 aliphatic carbocycles. The number of likely N-dealkylation sites (tertiary alicyclic amines) is 1. The van der Waals surface area contributed by atoms with Crippen LogP contribution in [-0.2, 0) is 19.1 Å². The summed E-state index contributed by atoms with van der Waals surface area (Å²) in [5, 5.41) is 21.4. The van der Waals surface area contributed by atoms with Gasteiger partial charge in [-0.25, -0.2) is 0 Å². The highest BCUT2D eigenvalue weighted by Gasteiger charge is 2.68. The van der Waals surface area contributed by atoms with Crippen LogP contribution in [0.15, 0.2) is 24.3 Å². The minimum Gasteiger partial charge on any atom is -0.483 e. The number of aryl methyl sites for hydroxylation is 1. The van der Waals surface area contributed by atoms with Crippen molar-refractivity contribution in [2.45, 2.75) is 31.5 Å². The number of carbonyl (C=O) groups excluding carboxylic acids is 2. The van der Waals surface area contributed by atoms with Gasteiger partial charge in [0.15, 0.2) is 5.82 Å². The Morgan fingerprint density at radius 3 is 2.94 bits per heavy atom. The Morgan fingerprint density at radius 1 is 1.47 bits per heavy atom. The van der Waals surface area contributed by atoms with Crippen LogP contribution >= 0.6 is 0 Å². The first-order valence-electron chi connectivity index (χ1n) is 10.3. The van der Waals surface area contributed by atoms with Gasteiger partial charge in [0, 0.05) is 18.8 Å². The number of ether oxygens (including phenoxy) is 1. The Labute approximate surface area is 183 Å². The second kappa shape index (κ2) is 8.63. The molecular formula is C20H25N7O5. The fourth-order valence-electron chi connectivity index (χ4n) is 5.10. The summed E-state index contributed by atoms with van der Waals surface area (Å²) < 4.78 is 7.80. The Hall–Kier alpha value is -3.38. The van der Waals surface area contributed by atoms with Gasteiger partial charge in [0.05, 0.1) is 35.8 Å². The van der Waals surface area contributed by atoms with Crippen LogP contribution in [0.5, 0.6) is 0 Å². The Kier molecular flexibility index (Phi) is 5.89. The van der Waals surface area contributed by atoms with Crippen LogP contribution < -0.4 is 11.1 Å². The third kappa shape index (κ3) is 3.60. The number of aromatic nitrogens is 4. The predicted molar refractivity (Wildman–Crippen MR) is 111 cm³/mol. The van der Waals surface area contributed by atoms with E-state index in [9.17, 15) is 9.59 Å². The second-order valence-electron chi connectivity index (χ2n) is 8.09. The first kappa shape index (κ1) is 21.8. The summed E-state index contributed by atoms with van der Waals surface area (Å²) in [7, 11) is 0. The number of amides is 2. The Bertz CT molecular complexity index is 1030. The molecule has 4 N–H and O–H groups in total. The summed E-state index contributed by atoms with van der Waals surface area (Å²) in [6.45, 7) is 2.98. The molecule has 0 saturated carbocycles. The fraction of sp³-hybridized carbons (Fsp3) is 0.500. The quantitative estimate of drug-likeness (QED) is 0.520. The lowest BCUT2D eigenvalue weighted by Crippen LogP contribution is -2.43. The number of nitrogens with zero attached hydrogens (tertiary/aromatic N) is 5. The molecule has 1 aromatic heterocycles. The standard InChI is InChI=1S/C19H23N7O3.CH2O2/c1-11-22-23-24-26(11)13-4-2-3-12(9-13)21-17(27)15-14-5-6-19(29-14)10-25(8-7-20)18(28)16(15)19;2-1-3/h2-4,9,14-16H,5-8,10,20H2,1H3,(H,21,27);1H,(H,2,3)/t14-,15-,16+,19-;/m0./s1. The molecular weight excluding hydrogens is 418 g/mol. The number of carboxylic acid groups (broad SMARTS) is 1. The highest BCUT2D eigenvalue weighted by molar-refractivity contribution is 5.98. The molecule has 12 nitrogen and oxygen atoms in total. The molecule has 32 heavy (non-hydrogen) atoms. The average Bonchev–Trinajstić information content (AvgIpc) is 3.51. The number of nitrogens with one attached hydrogen (secondary N) is 1. The van der Waals surface area contributed by atoms with Crippen molar-refractivity contribution in [2.24, 2.45) is 17.6 Å². The molecule has 3 aliphatic heterocycles. The van der Waals surface area contributed by atoms with Gasteiger partial charge in [0.2, 0.25) is 11.8 Å². The van der Waals surface area contributed by atoms with E-state index < -0.39 is 17.4 Å². The van der Waals surface area contributed by atoms with Gasteiger partial charge < -0.3 is 25.8 Å². The molecule has 12 heteroatoms. The van der Waals surface area contributed by atoms with Gasteiger partial charge in [-0.1, -0.05) is 6.07 Å². The van der Waals surface area contributed by atoms with E-state index in [4.69, 9.17) is 20.4 Å². The SMILES string of the molecule is Cc1nnnn1-c1cccc(NC(=O)[C@H]2[C@@H]3CC[C@@]4(CN(CCN)C(=O)[C@@H]24)O3)c1.O=CO. The molecule has 5 rings (SSSR count). The van der Waals surface area contributed by atoms with Crippen LogP contribution in [0.1, 0.15) is 18.7 Å². The number of rotatable bonds is 5. The smallest absolute Gasteiger partial charge is 0.290 e. The maximum atomic E-state index is 13.2. The van der Waals surface area contributed by atoms with Gasteiger partial charge in [0.1, 0.15) is 0 Å². The number of fused-ring (bicyclic) bond motifs is 1. The van der Waals surface area contributed by atoms with Crippen molar-refractivity contribution in [3.8, 4) is 5.69 Å². The number of benzene rings is 1. The van der Waals surface area contributed by atoms with Gasteiger partial charge in [-0.3, -0.25) is 14.4 Å². The summed E-state index contributed by atoms with van der Waals surface area (Å²) >= 11 is 0. The lowest BCUT2D eigenvalue weighted by Gasteiger charge is -2.27. The van der Waals surface area contributed by atoms with Gasteiger partial charge in [0.25, 0.3) is 6.47 Å². The molecule has 0 unspecified atom stereocenters. The lowest BCUT2D eigenvalue weighted by atomic mass is 9.73. The van der Waals surface area contributed by atoms with E-state index in [1.807, 2.05) is 24.3 Å². The topological polar surface area (TPSA) is 166 Å². The molecule has 2 aromatic rings. The zero-order chi connectivity index (χ0) is 22.9. The molecule has 4 heterocycles. The average molecular weight is 443 g/mol. The summed E-state index contributed by atoms with van der Waals surface area (Å²) in [5.74, 6) is -0.477. The Balaban J connectivity index is 0.000000775. The molecule has 3 aliphatic rings. The highest BCUT2D eigenvalue weighted by Crippen LogP contribution is 2.55. The van der Waals surface area contributed by atoms with Crippen molar-refractivity contribution in [2.75, 3.05) is 25.0 Å². The highest BCUT2D eigenvalue weighted by atomic mass is 16.5. The van der Waals surface area contributed by atoms with Gasteiger partial charge in [-0.15, -0.1) is 5.10 Å². The number of tetrazole rings is 1. The zero-order valence-corrected chi connectivity index (χ0v) is 17.5. The third-order valence-electron chi connectivity index (χ3n) is 6.29. The zero-order valence-electron chi connectivity index (χ0n) is 17.5. The van der Waals surface area contributed by atoms with Gasteiger partial charge >= 0.3 is 0 Å². The van der Waals surface area contributed by atoms with E-state index in [1.54, 1.807) is 16.5 Å². The van der Waals surface area contributed by atoms with Crippen LogP contribution in [-0.4, -0.2) is 79.8 Å². The maximum absolute atomic E-state index is 13.2. The van der Waals surface area contributed by atoms with Crippen molar-refractivity contribution < 1.29 is 24.2 Å². The lowest BCUT2D eigenvalue weighted by molar-refractivity contribution is -0.136. The molecule has 3 saturated heterocycles. The first-order valence-corrected chi connectivity index (χ1v) is 10.3. The van der Waals surface area contributed by atoms with Crippen LogP contribution in [0.2, 0.25) is 0 Å². The van der Waals surface area contributed by atoms with Crippen molar-refractivity contribution in [3.05, 3.63) is 30.1 Å². The summed E-state index contributed by atoms with van der Waals surface area (Å²) in [6, 6.07) is 7.30. The molecule has 1 aromatic carbocycles. The van der Waals surface area contributed by atoms with E-state index in [2.05, 4.69) is 20.8 Å². The monoisotopic (exact) mass is 443 g/mol. The van der Waals surface area contributed by atoms with E-state index in [0.717, 1.165) is 18.5 Å². The molecule has 2 bridgehead atoms. The summed E-state index contributed by atoms with van der Waals surface area (Å²) in [5.41, 5.74) is 6.49. The second-order valence-corrected chi connectivity index (χ2v) is 8.09. The van der Waals surface area contributed by atoms with Gasteiger partial charge in [-0.2, -0.15) is 4.68 Å². The van der Waals surface area contributed by atoms with Crippen LogP contribution in [0, 0.1) is 18.8 Å². The number of hydrogen-bond acceptors (Lipinski definition) is 8. The van der Waals surface area contributed by atoms with Crippen LogP contribution in [0.25, 0.3) is 5.69 Å². The number of anilines is 1. The summed E-state index contributed by atoms with van der Waals surface area (Å²) in [6.07, 6.45) is 1.39. The van der Waals surface area contributed by atoms with Crippen LogP contribution in [0.4, 0.5) is 5.69 Å². The van der Waals surface area contributed by atoms with E-state index >= 15 is 0 Å². The third-order valence-corrected chi connectivity index (χ3v) is 6.29. The molecule has 2 amide bonds. The molecule has 3 fully saturated rings. The van der Waals surface area contributed by atoms with Crippen molar-refractivity contribution in [1.29, 1.82) is 0 Å². The van der Waals surface area contributed by atoms with E-state index in [0.29, 0.717) is 31.1 Å². The molecule has 1 spiro atoms. The minimum atomic E-state index is -0.537. The van der Waals surface area contributed by atoms with Crippen molar-refractivity contribution in [3.63, 3.8) is 0 Å². The normalized spacial score (nSPS) is 27.6. The van der Waals surface area contributed by atoms with Crippen molar-refractivity contribution in [1.82, 2.24) is 25.1 Å². The van der Waals surface area contributed by atoms with Crippen molar-refractivity contribution >= 4 is 24.0 Å². The number of nitrogens with two attached hydrogens (primary N) is 1. The summed E-state index contributed by atoms with van der Waals surface area (Å²) in [4.78, 5) is 36.3. The predicted octanol–water partition coefficient (Wildman–Crippen LogP) is -0.425. The van der Waals surface area contributed by atoms with Crippen LogP contribution in [0.3, 0.4) is 0 Å². The fourth-order valence-corrected chi connectivity index (χ4v) is 5.10. The van der Waals surface area contributed by atoms with E-state index in [1.165, 1.54) is 0 Å². The minimum absolute atomic E-state index is 0.0177. The number of carbonyl (C=O) groups is 3. The largest absolute Gasteiger partial charge is 0.483 e. The maximum Gasteiger partial charge on any atom is 0.290 e. The number of hydrogen-bond donors (Lipinski definition) is 3. The van der Waals surface area contributed by atoms with E-state index in [-0.39, 0.29) is 24.4 Å². The molecule has 4 atom stereocenters.